The van der Waals surface area contributed by atoms with Crippen LogP contribution in [0.25, 0.3) is 5.69 Å². The first kappa shape index (κ1) is 17.0. The first-order valence-electron chi connectivity index (χ1n) is 8.71. The number of halogens is 1. The molecule has 0 unspecified atom stereocenters. The first-order valence-corrected chi connectivity index (χ1v) is 9.70. The van der Waals surface area contributed by atoms with Crippen molar-refractivity contribution < 1.29 is 4.39 Å². The second kappa shape index (κ2) is 7.08. The summed E-state index contributed by atoms with van der Waals surface area (Å²) in [6, 6.07) is 14.7. The smallest absolute Gasteiger partial charge is 0.265 e. The number of hydrogen-bond acceptors (Lipinski definition) is 3. The third-order valence-corrected chi connectivity index (χ3v) is 5.79. The minimum absolute atomic E-state index is 0.218. The summed E-state index contributed by atoms with van der Waals surface area (Å²) in [6.45, 7) is 2.03. The number of nitrogens with zero attached hydrogens (tertiary/aromatic N) is 2. The van der Waals surface area contributed by atoms with Gasteiger partial charge in [0.05, 0.1) is 5.69 Å². The van der Waals surface area contributed by atoms with Crippen LogP contribution in [0.15, 0.2) is 58.4 Å². The SMILES string of the molecule is Cc1ccc(-n2c3c(c(SCc4ccccc4F)nc2=O)CCC3)cc1. The van der Waals surface area contributed by atoms with E-state index in [4.69, 9.17) is 0 Å². The van der Waals surface area contributed by atoms with Crippen LogP contribution in [0, 0.1) is 12.7 Å². The van der Waals surface area contributed by atoms with E-state index in [1.807, 2.05) is 37.3 Å². The molecule has 0 spiro atoms. The van der Waals surface area contributed by atoms with Gasteiger partial charge in [0.2, 0.25) is 0 Å². The highest BCUT2D eigenvalue weighted by Gasteiger charge is 2.23. The van der Waals surface area contributed by atoms with Gasteiger partial charge >= 0.3 is 5.69 Å². The predicted octanol–water partition coefficient (Wildman–Crippen LogP) is 4.46. The molecule has 132 valence electrons. The summed E-state index contributed by atoms with van der Waals surface area (Å²) in [4.78, 5) is 17.1. The predicted molar refractivity (Wildman–Crippen MR) is 103 cm³/mol. The highest BCUT2D eigenvalue weighted by Crippen LogP contribution is 2.32. The molecule has 0 saturated carbocycles. The van der Waals surface area contributed by atoms with Crippen LogP contribution in [0.3, 0.4) is 0 Å². The van der Waals surface area contributed by atoms with Crippen LogP contribution < -0.4 is 5.69 Å². The van der Waals surface area contributed by atoms with Crippen LogP contribution >= 0.6 is 11.8 Å². The van der Waals surface area contributed by atoms with Gasteiger partial charge in [-0.15, -0.1) is 11.8 Å². The van der Waals surface area contributed by atoms with Crippen molar-refractivity contribution in [1.82, 2.24) is 9.55 Å². The van der Waals surface area contributed by atoms with Gasteiger partial charge < -0.3 is 0 Å². The zero-order chi connectivity index (χ0) is 18.1. The number of rotatable bonds is 4. The first-order chi connectivity index (χ1) is 12.6. The summed E-state index contributed by atoms with van der Waals surface area (Å²) in [6.07, 6.45) is 2.79. The van der Waals surface area contributed by atoms with E-state index in [1.54, 1.807) is 16.7 Å². The van der Waals surface area contributed by atoms with Crippen LogP contribution in [-0.4, -0.2) is 9.55 Å². The van der Waals surface area contributed by atoms with Gasteiger partial charge in [0, 0.05) is 17.0 Å². The molecular weight excluding hydrogens is 347 g/mol. The number of aryl methyl sites for hydroxylation is 1. The summed E-state index contributed by atoms with van der Waals surface area (Å²) in [5, 5.41) is 0.745. The molecule has 0 atom stereocenters. The van der Waals surface area contributed by atoms with Crippen LogP contribution in [0.1, 0.15) is 28.8 Å². The normalized spacial score (nSPS) is 13.0. The number of fused-ring (bicyclic) bond motifs is 1. The fourth-order valence-electron chi connectivity index (χ4n) is 3.37. The molecule has 1 aliphatic carbocycles. The molecule has 1 aromatic heterocycles. The monoisotopic (exact) mass is 366 g/mol. The molecule has 0 amide bonds. The van der Waals surface area contributed by atoms with E-state index in [0.717, 1.165) is 46.8 Å². The number of thioether (sulfide) groups is 1. The van der Waals surface area contributed by atoms with E-state index in [0.29, 0.717) is 11.3 Å². The zero-order valence-corrected chi connectivity index (χ0v) is 15.4. The lowest BCUT2D eigenvalue weighted by atomic mass is 10.2. The molecule has 1 heterocycles. The summed E-state index contributed by atoms with van der Waals surface area (Å²) in [5.41, 5.74) is 4.57. The molecule has 0 radical (unpaired) electrons. The topological polar surface area (TPSA) is 34.9 Å². The van der Waals surface area contributed by atoms with Crippen LogP contribution in [0.4, 0.5) is 4.39 Å². The van der Waals surface area contributed by atoms with E-state index in [2.05, 4.69) is 4.98 Å². The van der Waals surface area contributed by atoms with Crippen molar-refractivity contribution in [2.45, 2.75) is 37.0 Å². The van der Waals surface area contributed by atoms with E-state index in [9.17, 15) is 9.18 Å². The summed E-state index contributed by atoms with van der Waals surface area (Å²) in [7, 11) is 0. The molecule has 4 rings (SSSR count). The van der Waals surface area contributed by atoms with Gasteiger partial charge in [0.1, 0.15) is 10.8 Å². The molecule has 0 N–H and O–H groups in total. The third-order valence-electron chi connectivity index (χ3n) is 4.72. The second-order valence-electron chi connectivity index (χ2n) is 6.53. The standard InChI is InChI=1S/C21H19FN2OS/c1-14-9-11-16(12-10-14)24-19-8-4-6-17(19)20(23-21(24)25)26-13-15-5-2-3-7-18(15)22/h2-3,5,7,9-12H,4,6,8,13H2,1H3. The maximum absolute atomic E-state index is 13.9. The molecule has 1 aliphatic rings. The second-order valence-corrected chi connectivity index (χ2v) is 7.49. The van der Waals surface area contributed by atoms with Gasteiger partial charge in [-0.2, -0.15) is 4.98 Å². The van der Waals surface area contributed by atoms with Gasteiger partial charge in [-0.1, -0.05) is 35.9 Å². The van der Waals surface area contributed by atoms with Crippen LogP contribution in [0.5, 0.6) is 0 Å². The minimum Gasteiger partial charge on any atom is -0.265 e. The van der Waals surface area contributed by atoms with Crippen molar-refractivity contribution >= 4 is 11.8 Å². The van der Waals surface area contributed by atoms with E-state index < -0.39 is 0 Å². The lowest BCUT2D eigenvalue weighted by Crippen LogP contribution is -2.25. The molecule has 26 heavy (non-hydrogen) atoms. The Labute approximate surface area is 155 Å². The molecule has 2 aromatic carbocycles. The quantitative estimate of drug-likeness (QED) is 0.505. The fraction of sp³-hybridized carbons (Fsp3) is 0.238. The third kappa shape index (κ3) is 3.19. The van der Waals surface area contributed by atoms with E-state index >= 15 is 0 Å². The number of aromatic nitrogens is 2. The Kier molecular flexibility index (Phi) is 4.64. The molecular formula is C21H19FN2OS. The zero-order valence-electron chi connectivity index (χ0n) is 14.5. The summed E-state index contributed by atoms with van der Waals surface area (Å²) >= 11 is 1.45. The molecule has 5 heteroatoms. The maximum Gasteiger partial charge on any atom is 0.353 e. The molecule has 0 aliphatic heterocycles. The van der Waals surface area contributed by atoms with Crippen LogP contribution in [0.2, 0.25) is 0 Å². The van der Waals surface area contributed by atoms with Gasteiger partial charge in [0.25, 0.3) is 0 Å². The summed E-state index contributed by atoms with van der Waals surface area (Å²) < 4.78 is 15.6. The van der Waals surface area contributed by atoms with Crippen molar-refractivity contribution in [2.24, 2.45) is 0 Å². The van der Waals surface area contributed by atoms with Gasteiger partial charge in [-0.3, -0.25) is 4.57 Å². The summed E-state index contributed by atoms with van der Waals surface area (Å²) in [5.74, 6) is 0.254. The Balaban J connectivity index is 1.71. The average Bonchev–Trinajstić information content (AvgIpc) is 3.11. The highest BCUT2D eigenvalue weighted by atomic mass is 32.2. The number of hydrogen-bond donors (Lipinski definition) is 0. The highest BCUT2D eigenvalue weighted by molar-refractivity contribution is 7.98. The lowest BCUT2D eigenvalue weighted by molar-refractivity contribution is 0.617. The van der Waals surface area contributed by atoms with Gasteiger partial charge in [0.15, 0.2) is 0 Å². The maximum atomic E-state index is 13.9. The fourth-order valence-corrected chi connectivity index (χ4v) is 4.43. The Hall–Kier alpha value is -2.40. The largest absolute Gasteiger partial charge is 0.353 e. The van der Waals surface area contributed by atoms with Crippen molar-refractivity contribution in [2.75, 3.05) is 0 Å². The van der Waals surface area contributed by atoms with E-state index in [1.165, 1.54) is 17.8 Å². The average molecular weight is 366 g/mol. The molecule has 0 saturated heterocycles. The van der Waals surface area contributed by atoms with Crippen LogP contribution in [-0.2, 0) is 18.6 Å². The minimum atomic E-state index is -0.259. The molecule has 3 aromatic rings. The van der Waals surface area contributed by atoms with Gasteiger partial charge in [-0.05, 0) is 49.9 Å². The van der Waals surface area contributed by atoms with Crippen molar-refractivity contribution in [1.29, 1.82) is 0 Å². The Morgan fingerprint density at radius 1 is 1.12 bits per heavy atom. The van der Waals surface area contributed by atoms with Crippen molar-refractivity contribution in [3.05, 3.63) is 87.2 Å². The van der Waals surface area contributed by atoms with E-state index in [-0.39, 0.29) is 11.5 Å². The molecule has 0 bridgehead atoms. The number of benzene rings is 2. The van der Waals surface area contributed by atoms with Gasteiger partial charge in [-0.25, -0.2) is 9.18 Å². The molecule has 0 fully saturated rings. The Bertz CT molecular complexity index is 1010. The Morgan fingerprint density at radius 3 is 2.65 bits per heavy atom. The van der Waals surface area contributed by atoms with Crippen molar-refractivity contribution in [3.8, 4) is 5.69 Å². The Morgan fingerprint density at radius 2 is 1.88 bits per heavy atom. The molecule has 3 nitrogen and oxygen atoms in total. The lowest BCUT2D eigenvalue weighted by Gasteiger charge is -2.14. The van der Waals surface area contributed by atoms with Crippen molar-refractivity contribution in [3.63, 3.8) is 0 Å².